The van der Waals surface area contributed by atoms with Crippen LogP contribution in [0.25, 0.3) is 0 Å². The van der Waals surface area contributed by atoms with Crippen LogP contribution < -0.4 is 9.47 Å². The maximum Gasteiger partial charge on any atom is 0.254 e. The number of ether oxygens (including phenoxy) is 3. The van der Waals surface area contributed by atoms with Crippen molar-refractivity contribution in [1.29, 1.82) is 0 Å². The van der Waals surface area contributed by atoms with Crippen LogP contribution in [-0.4, -0.2) is 68.8 Å². The number of methoxy groups -OCH3 is 2. The van der Waals surface area contributed by atoms with Gasteiger partial charge in [-0.15, -0.1) is 0 Å². The topological polar surface area (TPSA) is 51.2 Å². The molecule has 0 unspecified atom stereocenters. The van der Waals surface area contributed by atoms with Gasteiger partial charge in [0.05, 0.1) is 13.2 Å². The maximum absolute atomic E-state index is 13.2. The predicted octanol–water partition coefficient (Wildman–Crippen LogP) is 4.24. The number of hydrogen-bond donors (Lipinski definition) is 0. The summed E-state index contributed by atoms with van der Waals surface area (Å²) in [6.45, 7) is 4.78. The number of rotatable bonds is 4. The number of nitrogens with zero attached hydrogens (tertiary/aromatic N) is 2. The van der Waals surface area contributed by atoms with Gasteiger partial charge >= 0.3 is 0 Å². The van der Waals surface area contributed by atoms with Gasteiger partial charge in [0, 0.05) is 44.8 Å². The number of carbonyl (C=O) groups is 1. The minimum absolute atomic E-state index is 0.0922. The molecule has 0 radical (unpaired) electrons. The summed E-state index contributed by atoms with van der Waals surface area (Å²) < 4.78 is 17.3. The number of hydrogen-bond acceptors (Lipinski definition) is 5. The molecule has 6 nitrogen and oxygen atoms in total. The largest absolute Gasteiger partial charge is 0.497 e. The van der Waals surface area contributed by atoms with Crippen LogP contribution in [0.3, 0.4) is 0 Å². The zero-order valence-corrected chi connectivity index (χ0v) is 19.9. The second kappa shape index (κ2) is 11.5. The average Bonchev–Trinajstić information content (AvgIpc) is 2.85. The summed E-state index contributed by atoms with van der Waals surface area (Å²) in [4.78, 5) is 17.6. The molecule has 2 atom stereocenters. The van der Waals surface area contributed by atoms with Crippen molar-refractivity contribution in [3.05, 3.63) is 59.7 Å². The molecule has 33 heavy (non-hydrogen) atoms. The van der Waals surface area contributed by atoms with E-state index in [1.54, 1.807) is 14.2 Å². The third-order valence-electron chi connectivity index (χ3n) is 6.85. The smallest absolute Gasteiger partial charge is 0.254 e. The summed E-state index contributed by atoms with van der Waals surface area (Å²) in [6, 6.07) is 15.9. The molecule has 1 fully saturated rings. The van der Waals surface area contributed by atoms with E-state index in [0.29, 0.717) is 18.1 Å². The van der Waals surface area contributed by atoms with E-state index in [2.05, 4.69) is 17.0 Å². The van der Waals surface area contributed by atoms with Crippen molar-refractivity contribution in [2.24, 2.45) is 5.92 Å². The highest BCUT2D eigenvalue weighted by Gasteiger charge is 2.31. The highest BCUT2D eigenvalue weighted by atomic mass is 16.5. The van der Waals surface area contributed by atoms with Gasteiger partial charge in [0.1, 0.15) is 18.1 Å². The fourth-order valence-corrected chi connectivity index (χ4v) is 5.02. The number of fused-ring (bicyclic) bond motifs is 4. The first-order valence-electron chi connectivity index (χ1n) is 12.1. The van der Waals surface area contributed by atoms with Crippen LogP contribution in [0.1, 0.15) is 41.6 Å². The first kappa shape index (κ1) is 23.6. The zero-order valence-electron chi connectivity index (χ0n) is 19.9. The zero-order chi connectivity index (χ0) is 23.0. The molecule has 0 N–H and O–H groups in total. The highest BCUT2D eigenvalue weighted by molar-refractivity contribution is 5.94. The van der Waals surface area contributed by atoms with Crippen LogP contribution in [0, 0.1) is 5.92 Å². The Morgan fingerprint density at radius 1 is 1.00 bits per heavy atom. The van der Waals surface area contributed by atoms with Gasteiger partial charge in [0.25, 0.3) is 5.91 Å². The molecule has 2 aromatic carbocycles. The van der Waals surface area contributed by atoms with Gasteiger partial charge in [0.2, 0.25) is 0 Å². The molecule has 178 valence electrons. The van der Waals surface area contributed by atoms with E-state index in [1.807, 2.05) is 41.3 Å². The second-order valence-corrected chi connectivity index (χ2v) is 9.07. The molecule has 2 heterocycles. The molecular formula is C27H36N2O4. The van der Waals surface area contributed by atoms with Crippen LogP contribution in [0.4, 0.5) is 0 Å². The first-order valence-corrected chi connectivity index (χ1v) is 12.1. The van der Waals surface area contributed by atoms with E-state index in [9.17, 15) is 4.79 Å². The lowest BCUT2D eigenvalue weighted by molar-refractivity contribution is -0.00676. The minimum Gasteiger partial charge on any atom is -0.497 e. The SMILES string of the molecule is COc1cccc(CN2CCCC[C@H]3CN(CC[C@H]3OC)C(=O)c3cccc(c3)OCC2)c1. The molecular weight excluding hydrogens is 416 g/mol. The second-order valence-electron chi connectivity index (χ2n) is 9.07. The molecule has 1 amide bonds. The number of benzene rings is 2. The minimum atomic E-state index is 0.0922. The fourth-order valence-electron chi connectivity index (χ4n) is 5.02. The predicted molar refractivity (Wildman–Crippen MR) is 129 cm³/mol. The third kappa shape index (κ3) is 6.27. The summed E-state index contributed by atoms with van der Waals surface area (Å²) in [7, 11) is 3.50. The summed E-state index contributed by atoms with van der Waals surface area (Å²) in [6.07, 6.45) is 4.43. The number of amides is 1. The molecule has 6 heteroatoms. The van der Waals surface area contributed by atoms with E-state index in [0.717, 1.165) is 69.9 Å². The Morgan fingerprint density at radius 2 is 1.88 bits per heavy atom. The van der Waals surface area contributed by atoms with Crippen LogP contribution in [-0.2, 0) is 11.3 Å². The molecule has 0 spiro atoms. The Hall–Kier alpha value is -2.57. The van der Waals surface area contributed by atoms with E-state index in [-0.39, 0.29) is 12.0 Å². The molecule has 1 saturated heterocycles. The molecule has 2 aliphatic heterocycles. The molecule has 0 aliphatic carbocycles. The lowest BCUT2D eigenvalue weighted by atomic mass is 9.89. The van der Waals surface area contributed by atoms with Gasteiger partial charge in [-0.3, -0.25) is 9.69 Å². The van der Waals surface area contributed by atoms with Crippen molar-refractivity contribution >= 4 is 5.91 Å². The highest BCUT2D eigenvalue weighted by Crippen LogP contribution is 2.27. The van der Waals surface area contributed by atoms with Crippen molar-refractivity contribution in [2.45, 2.75) is 38.3 Å². The van der Waals surface area contributed by atoms with Crippen molar-refractivity contribution in [3.8, 4) is 11.5 Å². The van der Waals surface area contributed by atoms with E-state index >= 15 is 0 Å². The van der Waals surface area contributed by atoms with Crippen molar-refractivity contribution in [2.75, 3.05) is 47.0 Å². The molecule has 4 rings (SSSR count). The van der Waals surface area contributed by atoms with Gasteiger partial charge in [0.15, 0.2) is 0 Å². The number of carbonyl (C=O) groups excluding carboxylic acids is 1. The summed E-state index contributed by atoms with van der Waals surface area (Å²) in [5, 5.41) is 0. The van der Waals surface area contributed by atoms with Gasteiger partial charge in [-0.2, -0.15) is 0 Å². The fraction of sp³-hybridized carbons (Fsp3) is 0.519. The Balaban J connectivity index is 1.50. The summed E-state index contributed by atoms with van der Waals surface area (Å²) in [5.41, 5.74) is 1.94. The van der Waals surface area contributed by atoms with Gasteiger partial charge in [-0.25, -0.2) is 0 Å². The molecule has 2 aliphatic rings. The summed E-state index contributed by atoms with van der Waals surface area (Å²) in [5.74, 6) is 2.11. The van der Waals surface area contributed by atoms with Crippen molar-refractivity contribution < 1.29 is 19.0 Å². The Bertz CT molecular complexity index is 918. The van der Waals surface area contributed by atoms with Crippen LogP contribution in [0.5, 0.6) is 11.5 Å². The molecule has 2 aromatic rings. The Labute approximate surface area is 197 Å². The normalized spacial score (nSPS) is 22.7. The monoisotopic (exact) mass is 452 g/mol. The van der Waals surface area contributed by atoms with Gasteiger partial charge in [-0.1, -0.05) is 24.6 Å². The standard InChI is InChI=1S/C27H36N2O4/c1-31-24-10-5-7-21(17-24)19-28-13-4-3-8-23-20-29(14-12-26(23)32-2)27(30)22-9-6-11-25(18-22)33-16-15-28/h5-7,9-11,17-18,23,26H,3-4,8,12-16,19-20H2,1-2H3/t23-,26+/m0/s1. The molecule has 4 bridgehead atoms. The lowest BCUT2D eigenvalue weighted by Crippen LogP contribution is -2.46. The van der Waals surface area contributed by atoms with Crippen molar-refractivity contribution in [3.63, 3.8) is 0 Å². The molecule has 0 aromatic heterocycles. The maximum atomic E-state index is 13.2. The van der Waals surface area contributed by atoms with Crippen LogP contribution in [0.2, 0.25) is 0 Å². The third-order valence-corrected chi connectivity index (χ3v) is 6.85. The first-order chi connectivity index (χ1) is 16.2. The lowest BCUT2D eigenvalue weighted by Gasteiger charge is -2.38. The Morgan fingerprint density at radius 3 is 2.73 bits per heavy atom. The molecule has 0 saturated carbocycles. The van der Waals surface area contributed by atoms with Crippen LogP contribution >= 0.6 is 0 Å². The quantitative estimate of drug-likeness (QED) is 0.695. The van der Waals surface area contributed by atoms with E-state index < -0.39 is 0 Å². The van der Waals surface area contributed by atoms with Gasteiger partial charge in [-0.05, 0) is 61.7 Å². The van der Waals surface area contributed by atoms with Crippen molar-refractivity contribution in [1.82, 2.24) is 9.80 Å². The van der Waals surface area contributed by atoms with E-state index in [1.165, 1.54) is 5.56 Å². The van der Waals surface area contributed by atoms with E-state index in [4.69, 9.17) is 14.2 Å². The van der Waals surface area contributed by atoms with Gasteiger partial charge < -0.3 is 19.1 Å². The average molecular weight is 453 g/mol. The Kier molecular flexibility index (Phi) is 8.24. The summed E-state index contributed by atoms with van der Waals surface area (Å²) >= 11 is 0. The number of piperidine rings is 1. The van der Waals surface area contributed by atoms with Crippen LogP contribution in [0.15, 0.2) is 48.5 Å².